The van der Waals surface area contributed by atoms with Gasteiger partial charge in [-0.1, -0.05) is 13.8 Å². The highest BCUT2D eigenvalue weighted by molar-refractivity contribution is 5.45. The molecule has 0 saturated carbocycles. The maximum atomic E-state index is 4.38. The molecule has 1 atom stereocenters. The molecule has 3 nitrogen and oxygen atoms in total. The molecule has 0 spiro atoms. The minimum absolute atomic E-state index is 0.616. The van der Waals surface area contributed by atoms with Crippen LogP contribution in [0.1, 0.15) is 26.0 Å². The smallest absolute Gasteiger partial charge is 0.0553 e. The number of aryl methyl sites for hydroxylation is 1. The second kappa shape index (κ2) is 5.50. The highest BCUT2D eigenvalue weighted by atomic mass is 15.2. The first kappa shape index (κ1) is 12.4. The van der Waals surface area contributed by atoms with Crippen LogP contribution in [-0.4, -0.2) is 30.7 Å². The van der Waals surface area contributed by atoms with Crippen molar-refractivity contribution in [3.63, 3.8) is 0 Å². The summed E-state index contributed by atoms with van der Waals surface area (Å²) in [5.74, 6) is 0.753. The lowest BCUT2D eigenvalue weighted by Gasteiger charge is -2.35. The van der Waals surface area contributed by atoms with E-state index in [1.165, 1.54) is 12.1 Å². The van der Waals surface area contributed by atoms with E-state index in [1.54, 1.807) is 0 Å². The van der Waals surface area contributed by atoms with Gasteiger partial charge in [0.1, 0.15) is 0 Å². The van der Waals surface area contributed by atoms with Crippen LogP contribution in [0.25, 0.3) is 0 Å². The molecule has 1 aliphatic heterocycles. The second-order valence-electron chi connectivity index (χ2n) is 5.38. The van der Waals surface area contributed by atoms with E-state index in [2.05, 4.69) is 41.2 Å². The summed E-state index contributed by atoms with van der Waals surface area (Å²) in [6.45, 7) is 9.86. The Morgan fingerprint density at radius 1 is 1.47 bits per heavy atom. The molecule has 2 heterocycles. The predicted octanol–water partition coefficient (Wildman–Crippen LogP) is 2.21. The molecule has 17 heavy (non-hydrogen) atoms. The zero-order valence-corrected chi connectivity index (χ0v) is 11.1. The molecule has 1 fully saturated rings. The number of rotatable bonds is 3. The molecule has 0 bridgehead atoms. The SMILES string of the molecule is Cc1ccc(N2CCNC(CC(C)C)C2)cn1. The van der Waals surface area contributed by atoms with Crippen molar-refractivity contribution in [2.24, 2.45) is 5.92 Å². The zero-order chi connectivity index (χ0) is 12.3. The summed E-state index contributed by atoms with van der Waals surface area (Å²) >= 11 is 0. The molecule has 1 aliphatic rings. The molecule has 1 N–H and O–H groups in total. The van der Waals surface area contributed by atoms with Gasteiger partial charge in [0.05, 0.1) is 11.9 Å². The quantitative estimate of drug-likeness (QED) is 0.867. The van der Waals surface area contributed by atoms with E-state index < -0.39 is 0 Å². The van der Waals surface area contributed by atoms with Crippen molar-refractivity contribution in [1.82, 2.24) is 10.3 Å². The average molecular weight is 233 g/mol. The fourth-order valence-corrected chi connectivity index (χ4v) is 2.43. The third-order valence-corrected chi connectivity index (χ3v) is 3.27. The molecule has 1 aromatic rings. The molecular formula is C14H23N3. The number of aromatic nitrogens is 1. The van der Waals surface area contributed by atoms with E-state index in [4.69, 9.17) is 0 Å². The Labute approximate surface area is 104 Å². The van der Waals surface area contributed by atoms with Crippen LogP contribution in [0.3, 0.4) is 0 Å². The number of hydrogen-bond donors (Lipinski definition) is 1. The highest BCUT2D eigenvalue weighted by Gasteiger charge is 2.20. The monoisotopic (exact) mass is 233 g/mol. The summed E-state index contributed by atoms with van der Waals surface area (Å²) in [7, 11) is 0. The molecule has 1 saturated heterocycles. The van der Waals surface area contributed by atoms with Gasteiger partial charge in [0.15, 0.2) is 0 Å². The summed E-state index contributed by atoms with van der Waals surface area (Å²) in [5.41, 5.74) is 2.34. The molecule has 1 aromatic heterocycles. The largest absolute Gasteiger partial charge is 0.367 e. The first-order valence-corrected chi connectivity index (χ1v) is 6.56. The average Bonchev–Trinajstić information content (AvgIpc) is 2.29. The second-order valence-corrected chi connectivity index (χ2v) is 5.38. The van der Waals surface area contributed by atoms with Gasteiger partial charge in [-0.15, -0.1) is 0 Å². The standard InChI is InChI=1S/C14H23N3/c1-11(2)8-13-10-17(7-6-15-13)14-5-4-12(3)16-9-14/h4-5,9,11,13,15H,6-8,10H2,1-3H3. The summed E-state index contributed by atoms with van der Waals surface area (Å²) in [4.78, 5) is 6.82. The minimum atomic E-state index is 0.616. The number of nitrogens with one attached hydrogen (secondary N) is 1. The van der Waals surface area contributed by atoms with Crippen LogP contribution < -0.4 is 10.2 Å². The normalized spacial score (nSPS) is 20.9. The van der Waals surface area contributed by atoms with Gasteiger partial charge in [-0.2, -0.15) is 0 Å². The third kappa shape index (κ3) is 3.43. The van der Waals surface area contributed by atoms with Gasteiger partial charge in [0, 0.05) is 31.4 Å². The fourth-order valence-electron chi connectivity index (χ4n) is 2.43. The summed E-state index contributed by atoms with van der Waals surface area (Å²) in [6.07, 6.45) is 3.24. The summed E-state index contributed by atoms with van der Waals surface area (Å²) < 4.78 is 0. The first-order chi connectivity index (χ1) is 8.15. The number of piperazine rings is 1. The van der Waals surface area contributed by atoms with Crippen molar-refractivity contribution in [3.8, 4) is 0 Å². The van der Waals surface area contributed by atoms with Gasteiger partial charge >= 0.3 is 0 Å². The highest BCUT2D eigenvalue weighted by Crippen LogP contribution is 2.17. The van der Waals surface area contributed by atoms with Crippen LogP contribution >= 0.6 is 0 Å². The van der Waals surface area contributed by atoms with E-state index >= 15 is 0 Å². The summed E-state index contributed by atoms with van der Waals surface area (Å²) in [6, 6.07) is 4.89. The van der Waals surface area contributed by atoms with E-state index in [0.29, 0.717) is 6.04 Å². The van der Waals surface area contributed by atoms with Crippen molar-refractivity contribution in [2.45, 2.75) is 33.2 Å². The topological polar surface area (TPSA) is 28.2 Å². The lowest BCUT2D eigenvalue weighted by atomic mass is 10.0. The van der Waals surface area contributed by atoms with Gasteiger partial charge < -0.3 is 10.2 Å². The number of pyridine rings is 1. The zero-order valence-electron chi connectivity index (χ0n) is 11.1. The van der Waals surface area contributed by atoms with Crippen LogP contribution in [0.5, 0.6) is 0 Å². The number of nitrogens with zero attached hydrogens (tertiary/aromatic N) is 2. The van der Waals surface area contributed by atoms with Crippen molar-refractivity contribution in [2.75, 3.05) is 24.5 Å². The molecule has 94 valence electrons. The van der Waals surface area contributed by atoms with Gasteiger partial charge in [-0.05, 0) is 31.4 Å². The molecule has 2 rings (SSSR count). The Kier molecular flexibility index (Phi) is 4.00. The predicted molar refractivity (Wildman–Crippen MR) is 72.4 cm³/mol. The van der Waals surface area contributed by atoms with Gasteiger partial charge in [0.25, 0.3) is 0 Å². The van der Waals surface area contributed by atoms with Crippen LogP contribution in [0.15, 0.2) is 18.3 Å². The third-order valence-electron chi connectivity index (χ3n) is 3.27. The van der Waals surface area contributed by atoms with E-state index in [9.17, 15) is 0 Å². The van der Waals surface area contributed by atoms with Crippen molar-refractivity contribution in [1.29, 1.82) is 0 Å². The maximum absolute atomic E-state index is 4.38. The maximum Gasteiger partial charge on any atom is 0.0553 e. The fraction of sp³-hybridized carbons (Fsp3) is 0.643. The van der Waals surface area contributed by atoms with Gasteiger partial charge in [-0.25, -0.2) is 0 Å². The van der Waals surface area contributed by atoms with Crippen LogP contribution in [-0.2, 0) is 0 Å². The minimum Gasteiger partial charge on any atom is -0.367 e. The molecule has 1 unspecified atom stereocenters. The molecule has 0 amide bonds. The van der Waals surface area contributed by atoms with Crippen LogP contribution in [0, 0.1) is 12.8 Å². The molecule has 0 radical (unpaired) electrons. The molecule has 0 aliphatic carbocycles. The number of anilines is 1. The van der Waals surface area contributed by atoms with E-state index in [-0.39, 0.29) is 0 Å². The Bertz CT molecular complexity index is 345. The van der Waals surface area contributed by atoms with Crippen molar-refractivity contribution >= 4 is 5.69 Å². The van der Waals surface area contributed by atoms with Crippen molar-refractivity contribution < 1.29 is 0 Å². The van der Waals surface area contributed by atoms with Gasteiger partial charge in [0.2, 0.25) is 0 Å². The molecule has 3 heteroatoms. The van der Waals surface area contributed by atoms with E-state index in [1.807, 2.05) is 13.1 Å². The Balaban J connectivity index is 1.99. The van der Waals surface area contributed by atoms with Crippen LogP contribution in [0.2, 0.25) is 0 Å². The first-order valence-electron chi connectivity index (χ1n) is 6.56. The Morgan fingerprint density at radius 3 is 2.94 bits per heavy atom. The lowest BCUT2D eigenvalue weighted by molar-refractivity contribution is 0.388. The Morgan fingerprint density at radius 2 is 2.29 bits per heavy atom. The Hall–Kier alpha value is -1.09. The van der Waals surface area contributed by atoms with Crippen LogP contribution in [0.4, 0.5) is 5.69 Å². The van der Waals surface area contributed by atoms with Gasteiger partial charge in [-0.3, -0.25) is 4.98 Å². The van der Waals surface area contributed by atoms with E-state index in [0.717, 1.165) is 31.2 Å². The molecular weight excluding hydrogens is 210 g/mol. The molecule has 0 aromatic carbocycles. The summed E-state index contributed by atoms with van der Waals surface area (Å²) in [5, 5.41) is 3.60. The van der Waals surface area contributed by atoms with Crippen molar-refractivity contribution in [3.05, 3.63) is 24.0 Å². The number of hydrogen-bond acceptors (Lipinski definition) is 3. The lowest BCUT2D eigenvalue weighted by Crippen LogP contribution is -2.51.